The Morgan fingerprint density at radius 2 is 1.87 bits per heavy atom. The predicted molar refractivity (Wildman–Crippen MR) is 166 cm³/mol. The molecule has 4 aromatic rings. The van der Waals surface area contributed by atoms with Crippen LogP contribution in [0.1, 0.15) is 44.6 Å². The molecule has 4 aliphatic rings. The normalized spacial score (nSPS) is 26.3. The Labute approximate surface area is 258 Å². The molecule has 5 heterocycles. The molecule has 11 heteroatoms. The highest BCUT2D eigenvalue weighted by atomic mass is 19.1. The number of aryl methyl sites for hydroxylation is 1. The van der Waals surface area contributed by atoms with Crippen molar-refractivity contribution in [1.82, 2.24) is 20.2 Å². The van der Waals surface area contributed by atoms with Gasteiger partial charge in [-0.15, -0.1) is 0 Å². The van der Waals surface area contributed by atoms with Gasteiger partial charge < -0.3 is 25.2 Å². The second-order valence-electron chi connectivity index (χ2n) is 13.2. The van der Waals surface area contributed by atoms with Gasteiger partial charge in [-0.2, -0.15) is 9.97 Å². The minimum Gasteiger partial charge on any atom is -0.508 e. The molecule has 2 bridgehead atoms. The number of anilines is 1. The van der Waals surface area contributed by atoms with E-state index in [4.69, 9.17) is 9.72 Å². The van der Waals surface area contributed by atoms with E-state index < -0.39 is 23.3 Å². The maximum Gasteiger partial charge on any atom is 0.319 e. The minimum atomic E-state index is -0.920. The number of hydrogen-bond donors (Lipinski definition) is 3. The summed E-state index contributed by atoms with van der Waals surface area (Å²) in [6.07, 6.45) is 3.60. The van der Waals surface area contributed by atoms with E-state index in [2.05, 4.69) is 20.1 Å². The number of piperazine rings is 1. The Bertz CT molecular complexity index is 1830. The van der Waals surface area contributed by atoms with Crippen LogP contribution < -0.4 is 15.0 Å². The highest BCUT2D eigenvalue weighted by molar-refractivity contribution is 6.04. The Morgan fingerprint density at radius 1 is 1.07 bits per heavy atom. The first-order valence-corrected chi connectivity index (χ1v) is 15.9. The molecular formula is C34H36F3N5O3. The number of fused-ring (bicyclic) bond motifs is 5. The lowest BCUT2D eigenvalue weighted by atomic mass is 9.91. The van der Waals surface area contributed by atoms with E-state index in [9.17, 15) is 19.0 Å². The van der Waals surface area contributed by atoms with Crippen LogP contribution in [-0.2, 0) is 6.42 Å². The van der Waals surface area contributed by atoms with Crippen LogP contribution in [0.25, 0.3) is 32.8 Å². The van der Waals surface area contributed by atoms with Gasteiger partial charge in [0.2, 0.25) is 0 Å². The van der Waals surface area contributed by atoms with Crippen molar-refractivity contribution in [2.24, 2.45) is 0 Å². The van der Waals surface area contributed by atoms with Crippen LogP contribution in [-0.4, -0.2) is 81.7 Å². The summed E-state index contributed by atoms with van der Waals surface area (Å²) >= 11 is 0. The number of hydrogen-bond acceptors (Lipinski definition) is 8. The van der Waals surface area contributed by atoms with Crippen molar-refractivity contribution in [2.45, 2.75) is 69.2 Å². The van der Waals surface area contributed by atoms with Crippen LogP contribution in [0.4, 0.5) is 19.0 Å². The van der Waals surface area contributed by atoms with Crippen LogP contribution in [0.15, 0.2) is 30.3 Å². The van der Waals surface area contributed by atoms with Crippen molar-refractivity contribution < 1.29 is 28.1 Å². The highest BCUT2D eigenvalue weighted by Crippen LogP contribution is 2.45. The van der Waals surface area contributed by atoms with Gasteiger partial charge in [0.25, 0.3) is 0 Å². The van der Waals surface area contributed by atoms with Crippen molar-refractivity contribution in [3.05, 3.63) is 47.5 Å². The van der Waals surface area contributed by atoms with Crippen LogP contribution in [0.2, 0.25) is 0 Å². The number of rotatable bonds is 6. The van der Waals surface area contributed by atoms with Crippen molar-refractivity contribution in [2.75, 3.05) is 37.7 Å². The zero-order chi connectivity index (χ0) is 31.0. The molecule has 3 N–H and O–H groups in total. The third-order valence-corrected chi connectivity index (χ3v) is 10.4. The molecule has 8 rings (SSSR count). The number of phenols is 2. The van der Waals surface area contributed by atoms with Gasteiger partial charge in [-0.05, 0) is 79.3 Å². The number of aromatic hydroxyl groups is 2. The first kappa shape index (κ1) is 28.6. The van der Waals surface area contributed by atoms with E-state index in [1.807, 2.05) is 0 Å². The predicted octanol–water partition coefficient (Wildman–Crippen LogP) is 5.60. The lowest BCUT2D eigenvalue weighted by Gasteiger charge is -2.34. The molecule has 4 atom stereocenters. The van der Waals surface area contributed by atoms with E-state index in [1.165, 1.54) is 30.3 Å². The fraction of sp³-hybridized carbons (Fsp3) is 0.471. The van der Waals surface area contributed by atoms with Crippen LogP contribution in [0, 0.1) is 11.6 Å². The maximum absolute atomic E-state index is 16.9. The minimum absolute atomic E-state index is 0.0106. The summed E-state index contributed by atoms with van der Waals surface area (Å²) in [5.41, 5.74) is -0.146. The molecule has 236 valence electrons. The van der Waals surface area contributed by atoms with E-state index >= 15 is 4.39 Å². The lowest BCUT2D eigenvalue weighted by Crippen LogP contribution is -2.51. The van der Waals surface area contributed by atoms with Crippen molar-refractivity contribution >= 4 is 27.5 Å². The topological polar surface area (TPSA) is 94.0 Å². The van der Waals surface area contributed by atoms with Crippen molar-refractivity contribution in [3.8, 4) is 28.6 Å². The van der Waals surface area contributed by atoms with Gasteiger partial charge in [0, 0.05) is 49.1 Å². The number of nitrogens with one attached hydrogen (secondary N) is 1. The molecule has 4 fully saturated rings. The van der Waals surface area contributed by atoms with Gasteiger partial charge in [-0.25, -0.2) is 13.2 Å². The first-order valence-electron chi connectivity index (χ1n) is 15.9. The molecule has 0 aliphatic carbocycles. The maximum atomic E-state index is 16.9. The number of nitrogens with zero attached hydrogens (tertiary/aromatic N) is 4. The van der Waals surface area contributed by atoms with Gasteiger partial charge in [0.1, 0.15) is 41.4 Å². The quantitative estimate of drug-likeness (QED) is 0.257. The first-order chi connectivity index (χ1) is 21.7. The number of halogens is 3. The van der Waals surface area contributed by atoms with Gasteiger partial charge in [0.15, 0.2) is 5.82 Å². The molecule has 0 saturated carbocycles. The molecule has 3 aromatic carbocycles. The second kappa shape index (κ2) is 10.6. The van der Waals surface area contributed by atoms with E-state index in [0.29, 0.717) is 60.0 Å². The summed E-state index contributed by atoms with van der Waals surface area (Å²) in [6, 6.07) is 7.68. The summed E-state index contributed by atoms with van der Waals surface area (Å²) in [7, 11) is 0. The Hall–Kier alpha value is -3.83. The number of phenolic OH excluding ortho intramolecular Hbond substituents is 2. The second-order valence-corrected chi connectivity index (χ2v) is 13.2. The molecule has 0 radical (unpaired) electrons. The number of alkyl halides is 1. The molecule has 0 unspecified atom stereocenters. The average molecular weight is 620 g/mol. The molecule has 4 saturated heterocycles. The molecular weight excluding hydrogens is 583 g/mol. The van der Waals surface area contributed by atoms with Gasteiger partial charge in [-0.3, -0.25) is 4.90 Å². The molecule has 8 nitrogen and oxygen atoms in total. The van der Waals surface area contributed by atoms with Crippen LogP contribution in [0.3, 0.4) is 0 Å². The summed E-state index contributed by atoms with van der Waals surface area (Å²) < 4.78 is 52.6. The Kier molecular flexibility index (Phi) is 6.76. The number of benzene rings is 3. The monoisotopic (exact) mass is 619 g/mol. The van der Waals surface area contributed by atoms with E-state index in [-0.39, 0.29) is 52.8 Å². The van der Waals surface area contributed by atoms with Crippen LogP contribution >= 0.6 is 0 Å². The Morgan fingerprint density at radius 3 is 2.64 bits per heavy atom. The van der Waals surface area contributed by atoms with E-state index in [0.717, 1.165) is 32.2 Å². The summed E-state index contributed by atoms with van der Waals surface area (Å²) in [5.74, 6) is -1.31. The summed E-state index contributed by atoms with van der Waals surface area (Å²) in [4.78, 5) is 13.6. The largest absolute Gasteiger partial charge is 0.508 e. The smallest absolute Gasteiger partial charge is 0.319 e. The zero-order valence-electron chi connectivity index (χ0n) is 25.1. The van der Waals surface area contributed by atoms with Crippen molar-refractivity contribution in [1.29, 1.82) is 0 Å². The molecule has 4 aliphatic heterocycles. The highest BCUT2D eigenvalue weighted by Gasteiger charge is 2.49. The zero-order valence-corrected chi connectivity index (χ0v) is 25.1. The SMILES string of the molecule is CCc1c(F)ccc2cc(O)cc(-c3c(O)cc4c(N5C[C@H]6CC[C@@H](C5)N6)nc(OC[C@@]56CCCN5C[C@H](F)C6)nc4c3F)c12. The molecule has 0 spiro atoms. The van der Waals surface area contributed by atoms with Crippen LogP contribution in [0.5, 0.6) is 17.5 Å². The fourth-order valence-corrected chi connectivity index (χ4v) is 8.40. The van der Waals surface area contributed by atoms with Gasteiger partial charge >= 0.3 is 6.01 Å². The van der Waals surface area contributed by atoms with Crippen molar-refractivity contribution in [3.63, 3.8) is 0 Å². The molecule has 0 amide bonds. The molecule has 1 aromatic heterocycles. The third kappa shape index (κ3) is 4.65. The average Bonchev–Trinajstić information content (AvgIpc) is 3.66. The number of aromatic nitrogens is 2. The summed E-state index contributed by atoms with van der Waals surface area (Å²) in [6.45, 7) is 4.50. The lowest BCUT2D eigenvalue weighted by molar-refractivity contribution is 0.107. The van der Waals surface area contributed by atoms with Gasteiger partial charge in [0.05, 0.1) is 11.1 Å². The van der Waals surface area contributed by atoms with E-state index in [1.54, 1.807) is 6.92 Å². The standard InChI is InChI=1S/C34H36F3N5O3/c1-2-23-26(36)7-4-18-10-22(43)11-24(28(18)23)29-27(44)12-25-31(30(29)37)39-33(40-32(25)41-15-20-5-6-21(16-41)38-20)45-17-34-8-3-9-42(34)14-19(35)13-34/h4,7,10-12,19-21,38,43-44H,2-3,5-6,8-9,13-17H2,1H3/t19-,20-,21+,34+/m1/s1. The Balaban J connectivity index is 1.30. The number of ether oxygens (including phenoxy) is 1. The summed E-state index contributed by atoms with van der Waals surface area (Å²) in [5, 5.41) is 26.9. The van der Waals surface area contributed by atoms with Gasteiger partial charge in [-0.1, -0.05) is 13.0 Å². The fourth-order valence-electron chi connectivity index (χ4n) is 8.40. The molecule has 45 heavy (non-hydrogen) atoms. The third-order valence-electron chi connectivity index (χ3n) is 10.4.